The molecule has 0 radical (unpaired) electrons. The minimum absolute atomic E-state index is 0.0805. The van der Waals surface area contributed by atoms with Crippen molar-refractivity contribution in [2.24, 2.45) is 0 Å². The van der Waals surface area contributed by atoms with Crippen molar-refractivity contribution in [2.45, 2.75) is 9.79 Å². The Bertz CT molecular complexity index is 505. The first-order valence-corrected chi connectivity index (χ1v) is 5.46. The molecule has 2 aromatic rings. The van der Waals surface area contributed by atoms with Gasteiger partial charge in [-0.15, -0.1) is 0 Å². The van der Waals surface area contributed by atoms with Crippen LogP contribution in [-0.4, -0.2) is 0 Å². The second kappa shape index (κ2) is 4.79. The highest BCUT2D eigenvalue weighted by Gasteiger charge is 2.09. The van der Waals surface area contributed by atoms with Crippen molar-refractivity contribution in [3.63, 3.8) is 0 Å². The molecule has 0 bridgehead atoms. The maximum absolute atomic E-state index is 13.3. The number of halogens is 4. The summed E-state index contributed by atoms with van der Waals surface area (Å²) in [6.45, 7) is 0. The third-order valence-electron chi connectivity index (χ3n) is 2.01. The fraction of sp³-hybridized carbons (Fsp3) is 0. The summed E-state index contributed by atoms with van der Waals surface area (Å²) < 4.78 is 51.9. The van der Waals surface area contributed by atoms with E-state index < -0.39 is 23.3 Å². The lowest BCUT2D eigenvalue weighted by molar-refractivity contribution is 0.561. The largest absolute Gasteiger partial charge is 0.207 e. The fourth-order valence-electron chi connectivity index (χ4n) is 1.23. The molecule has 0 aliphatic rings. The van der Waals surface area contributed by atoms with Crippen molar-refractivity contribution in [3.8, 4) is 0 Å². The van der Waals surface area contributed by atoms with E-state index in [-0.39, 0.29) is 9.79 Å². The molecule has 17 heavy (non-hydrogen) atoms. The van der Waals surface area contributed by atoms with Crippen molar-refractivity contribution in [1.82, 2.24) is 0 Å². The smallest absolute Gasteiger partial charge is 0.140 e. The molecule has 0 nitrogen and oxygen atoms in total. The van der Waals surface area contributed by atoms with Crippen LogP contribution in [0.2, 0.25) is 0 Å². The molecule has 0 atom stereocenters. The van der Waals surface area contributed by atoms with Gasteiger partial charge in [0.05, 0.1) is 0 Å². The molecule has 2 rings (SSSR count). The molecule has 0 unspecified atom stereocenters. The predicted octanol–water partition coefficient (Wildman–Crippen LogP) is 4.39. The predicted molar refractivity (Wildman–Crippen MR) is 56.8 cm³/mol. The third kappa shape index (κ3) is 2.79. The molecule has 2 aromatic carbocycles. The van der Waals surface area contributed by atoms with Gasteiger partial charge in [0.15, 0.2) is 0 Å². The summed E-state index contributed by atoms with van der Waals surface area (Å²) in [5.74, 6) is -2.96. The van der Waals surface area contributed by atoms with E-state index in [9.17, 15) is 17.6 Å². The molecule has 0 aliphatic heterocycles. The Morgan fingerprint density at radius 2 is 1.06 bits per heavy atom. The van der Waals surface area contributed by atoms with Crippen LogP contribution < -0.4 is 0 Å². The molecule has 0 aliphatic carbocycles. The van der Waals surface area contributed by atoms with Crippen LogP contribution in [0.5, 0.6) is 0 Å². The first kappa shape index (κ1) is 12.0. The van der Waals surface area contributed by atoms with Crippen molar-refractivity contribution in [2.75, 3.05) is 0 Å². The molecule has 5 heteroatoms. The average Bonchev–Trinajstić information content (AvgIpc) is 2.25. The van der Waals surface area contributed by atoms with Gasteiger partial charge in [-0.3, -0.25) is 0 Å². The van der Waals surface area contributed by atoms with E-state index in [0.717, 1.165) is 23.9 Å². The molecule has 0 fully saturated rings. The zero-order chi connectivity index (χ0) is 12.4. The van der Waals surface area contributed by atoms with Gasteiger partial charge in [0, 0.05) is 21.9 Å². The topological polar surface area (TPSA) is 0 Å². The van der Waals surface area contributed by atoms with E-state index in [0.29, 0.717) is 12.1 Å². The van der Waals surface area contributed by atoms with Crippen LogP contribution in [0.1, 0.15) is 0 Å². The van der Waals surface area contributed by atoms with E-state index in [1.54, 1.807) is 0 Å². The van der Waals surface area contributed by atoms with Gasteiger partial charge >= 0.3 is 0 Å². The number of rotatable bonds is 2. The number of hydrogen-bond donors (Lipinski definition) is 0. The van der Waals surface area contributed by atoms with Gasteiger partial charge in [0.25, 0.3) is 0 Å². The van der Waals surface area contributed by atoms with Gasteiger partial charge in [-0.05, 0) is 24.3 Å². The van der Waals surface area contributed by atoms with E-state index in [1.165, 1.54) is 12.1 Å². The Labute approximate surface area is 99.3 Å². The van der Waals surface area contributed by atoms with Crippen LogP contribution in [0.15, 0.2) is 46.2 Å². The van der Waals surface area contributed by atoms with Crippen LogP contribution in [0.25, 0.3) is 0 Å². The normalized spacial score (nSPS) is 10.6. The standard InChI is InChI=1S/C12H6F4S/c13-7-1-3-11(9(15)5-7)17-12-4-2-8(14)6-10(12)16/h1-6H. The first-order valence-electron chi connectivity index (χ1n) is 4.64. The van der Waals surface area contributed by atoms with E-state index in [1.807, 2.05) is 0 Å². The quantitative estimate of drug-likeness (QED) is 0.720. The van der Waals surface area contributed by atoms with Crippen LogP contribution in [0, 0.1) is 23.3 Å². The SMILES string of the molecule is Fc1ccc(Sc2ccc(F)cc2F)c(F)c1. The summed E-state index contributed by atoms with van der Waals surface area (Å²) in [5.41, 5.74) is 0. The van der Waals surface area contributed by atoms with E-state index in [2.05, 4.69) is 0 Å². The minimum Gasteiger partial charge on any atom is -0.207 e. The summed E-state index contributed by atoms with van der Waals surface area (Å²) in [6.07, 6.45) is 0. The molecule has 0 spiro atoms. The van der Waals surface area contributed by atoms with E-state index in [4.69, 9.17) is 0 Å². The molecular formula is C12H6F4S. The lowest BCUT2D eigenvalue weighted by Gasteiger charge is -2.04. The van der Waals surface area contributed by atoms with Crippen molar-refractivity contribution in [1.29, 1.82) is 0 Å². The lowest BCUT2D eigenvalue weighted by Crippen LogP contribution is -1.87. The molecule has 0 saturated heterocycles. The first-order chi connectivity index (χ1) is 8.06. The number of benzene rings is 2. The highest BCUT2D eigenvalue weighted by atomic mass is 32.2. The Kier molecular flexibility index (Phi) is 3.38. The van der Waals surface area contributed by atoms with Crippen molar-refractivity contribution < 1.29 is 17.6 Å². The monoisotopic (exact) mass is 258 g/mol. The summed E-state index contributed by atoms with van der Waals surface area (Å²) in [5, 5.41) is 0. The summed E-state index contributed by atoms with van der Waals surface area (Å²) in [6, 6.07) is 5.99. The Morgan fingerprint density at radius 3 is 1.41 bits per heavy atom. The van der Waals surface area contributed by atoms with Gasteiger partial charge in [-0.1, -0.05) is 11.8 Å². The molecule has 0 amide bonds. The highest BCUT2D eigenvalue weighted by Crippen LogP contribution is 2.32. The second-order valence-electron chi connectivity index (χ2n) is 3.25. The summed E-state index contributed by atoms with van der Waals surface area (Å²) >= 11 is 0.775. The highest BCUT2D eigenvalue weighted by molar-refractivity contribution is 7.99. The number of hydrogen-bond acceptors (Lipinski definition) is 1. The van der Waals surface area contributed by atoms with Crippen molar-refractivity contribution in [3.05, 3.63) is 59.7 Å². The molecule has 0 heterocycles. The lowest BCUT2D eigenvalue weighted by atomic mass is 10.3. The summed E-state index contributed by atoms with van der Waals surface area (Å²) in [4.78, 5) is 0.161. The van der Waals surface area contributed by atoms with Gasteiger partial charge in [-0.25, -0.2) is 17.6 Å². The molecule has 0 aromatic heterocycles. The molecule has 88 valence electrons. The van der Waals surface area contributed by atoms with Crippen LogP contribution >= 0.6 is 11.8 Å². The minimum atomic E-state index is -0.779. The Balaban J connectivity index is 2.31. The van der Waals surface area contributed by atoms with Gasteiger partial charge in [0.2, 0.25) is 0 Å². The van der Waals surface area contributed by atoms with Crippen LogP contribution in [0.4, 0.5) is 17.6 Å². The van der Waals surface area contributed by atoms with Gasteiger partial charge < -0.3 is 0 Å². The zero-order valence-electron chi connectivity index (χ0n) is 8.38. The van der Waals surface area contributed by atoms with Crippen molar-refractivity contribution >= 4 is 11.8 Å². The van der Waals surface area contributed by atoms with Gasteiger partial charge in [-0.2, -0.15) is 0 Å². The molecule has 0 N–H and O–H groups in total. The zero-order valence-corrected chi connectivity index (χ0v) is 9.20. The fourth-order valence-corrected chi connectivity index (χ4v) is 2.06. The van der Waals surface area contributed by atoms with Gasteiger partial charge in [0.1, 0.15) is 23.3 Å². The molecular weight excluding hydrogens is 252 g/mol. The van der Waals surface area contributed by atoms with E-state index >= 15 is 0 Å². The Morgan fingerprint density at radius 1 is 0.647 bits per heavy atom. The Hall–Kier alpha value is -1.49. The summed E-state index contributed by atoms with van der Waals surface area (Å²) in [7, 11) is 0. The second-order valence-corrected chi connectivity index (χ2v) is 4.34. The molecule has 0 saturated carbocycles. The third-order valence-corrected chi connectivity index (χ3v) is 3.11. The van der Waals surface area contributed by atoms with Crippen LogP contribution in [0.3, 0.4) is 0 Å². The van der Waals surface area contributed by atoms with Crippen LogP contribution in [-0.2, 0) is 0 Å². The maximum atomic E-state index is 13.3. The maximum Gasteiger partial charge on any atom is 0.140 e. The average molecular weight is 258 g/mol.